The van der Waals surface area contributed by atoms with Gasteiger partial charge in [-0.15, -0.1) is 0 Å². The monoisotopic (exact) mass is 275 g/mol. The lowest BCUT2D eigenvalue weighted by Crippen LogP contribution is -2.48. The summed E-state index contributed by atoms with van der Waals surface area (Å²) in [5.41, 5.74) is 0. The number of amides is 1. The highest BCUT2D eigenvalue weighted by Crippen LogP contribution is 2.25. The molecule has 1 aliphatic heterocycles. The molecule has 0 aromatic rings. The highest BCUT2D eigenvalue weighted by Gasteiger charge is 2.39. The minimum Gasteiger partial charge on any atom is -0.481 e. The summed E-state index contributed by atoms with van der Waals surface area (Å²) >= 11 is 1.55. The summed E-state index contributed by atoms with van der Waals surface area (Å²) in [6.07, 6.45) is 2.46. The van der Waals surface area contributed by atoms with Gasteiger partial charge in [0, 0.05) is 25.3 Å². The normalized spacial score (nSPS) is 23.7. The molecule has 0 radical (unpaired) electrons. The summed E-state index contributed by atoms with van der Waals surface area (Å²) in [6.45, 7) is 0.327. The van der Waals surface area contributed by atoms with Gasteiger partial charge in [0.05, 0.1) is 11.8 Å². The zero-order chi connectivity index (χ0) is 13.7. The molecule has 1 fully saturated rings. The molecule has 102 valence electrons. The number of hydrogen-bond donors (Lipinski definition) is 2. The van der Waals surface area contributed by atoms with Crippen molar-refractivity contribution in [2.24, 2.45) is 11.8 Å². The number of piperidine rings is 1. The molecule has 0 aromatic heterocycles. The largest absolute Gasteiger partial charge is 0.481 e. The van der Waals surface area contributed by atoms with Gasteiger partial charge in [-0.1, -0.05) is 0 Å². The molecular weight excluding hydrogens is 258 g/mol. The van der Waals surface area contributed by atoms with E-state index < -0.39 is 23.8 Å². The maximum atomic E-state index is 11.8. The van der Waals surface area contributed by atoms with Crippen LogP contribution in [0, 0.1) is 11.8 Å². The van der Waals surface area contributed by atoms with Crippen LogP contribution in [0.25, 0.3) is 0 Å². The Balaban J connectivity index is 2.65. The Morgan fingerprint density at radius 2 is 1.83 bits per heavy atom. The molecular formula is C11H17NO5S. The third kappa shape index (κ3) is 3.63. The van der Waals surface area contributed by atoms with Gasteiger partial charge in [-0.25, -0.2) is 0 Å². The Kier molecular flexibility index (Phi) is 5.46. The molecule has 6 nitrogen and oxygen atoms in total. The highest BCUT2D eigenvalue weighted by atomic mass is 32.2. The summed E-state index contributed by atoms with van der Waals surface area (Å²) in [5, 5.41) is 18.0. The summed E-state index contributed by atoms with van der Waals surface area (Å²) < 4.78 is 0. The molecule has 0 aliphatic carbocycles. The topological polar surface area (TPSA) is 94.9 Å². The number of aliphatic carboxylic acids is 2. The van der Waals surface area contributed by atoms with E-state index in [2.05, 4.69) is 0 Å². The molecule has 1 aliphatic rings. The van der Waals surface area contributed by atoms with E-state index in [1.165, 1.54) is 4.90 Å². The molecule has 1 rings (SSSR count). The first kappa shape index (κ1) is 14.8. The summed E-state index contributed by atoms with van der Waals surface area (Å²) in [7, 11) is 0. The van der Waals surface area contributed by atoms with Crippen molar-refractivity contribution < 1.29 is 24.6 Å². The zero-order valence-corrected chi connectivity index (χ0v) is 11.0. The van der Waals surface area contributed by atoms with Crippen LogP contribution >= 0.6 is 11.8 Å². The average Bonchev–Trinajstić information content (AvgIpc) is 2.34. The minimum atomic E-state index is -1.15. The van der Waals surface area contributed by atoms with E-state index >= 15 is 0 Å². The van der Waals surface area contributed by atoms with Crippen molar-refractivity contribution in [3.8, 4) is 0 Å². The Labute approximate surface area is 109 Å². The maximum absolute atomic E-state index is 11.8. The Hall–Kier alpha value is -1.24. The van der Waals surface area contributed by atoms with Gasteiger partial charge >= 0.3 is 11.9 Å². The molecule has 1 saturated heterocycles. The number of carbonyl (C=O) groups excluding carboxylic acids is 1. The molecule has 0 saturated carbocycles. The van der Waals surface area contributed by atoms with Crippen molar-refractivity contribution in [1.29, 1.82) is 0 Å². The Morgan fingerprint density at radius 1 is 1.22 bits per heavy atom. The molecule has 7 heteroatoms. The molecule has 18 heavy (non-hydrogen) atoms. The lowest BCUT2D eigenvalue weighted by molar-refractivity contribution is -0.159. The van der Waals surface area contributed by atoms with E-state index in [0.717, 1.165) is 0 Å². The lowest BCUT2D eigenvalue weighted by atomic mass is 9.85. The maximum Gasteiger partial charge on any atom is 0.309 e. The van der Waals surface area contributed by atoms with Crippen LogP contribution in [0.4, 0.5) is 0 Å². The zero-order valence-electron chi connectivity index (χ0n) is 10.2. The number of carboxylic acids is 2. The van der Waals surface area contributed by atoms with Crippen molar-refractivity contribution >= 4 is 29.6 Å². The number of hydrogen-bond acceptors (Lipinski definition) is 4. The SMILES string of the molecule is CSCCC(=O)N1CCC(C(=O)O)C(C(=O)O)C1. The van der Waals surface area contributed by atoms with Gasteiger partial charge < -0.3 is 15.1 Å². The number of carbonyl (C=O) groups is 3. The second kappa shape index (κ2) is 6.63. The van der Waals surface area contributed by atoms with Crippen molar-refractivity contribution in [2.45, 2.75) is 12.8 Å². The molecule has 2 N–H and O–H groups in total. The quantitative estimate of drug-likeness (QED) is 0.753. The average molecular weight is 275 g/mol. The van der Waals surface area contributed by atoms with Gasteiger partial charge in [0.25, 0.3) is 0 Å². The minimum absolute atomic E-state index is 0.000482. The number of rotatable bonds is 5. The van der Waals surface area contributed by atoms with Gasteiger partial charge in [-0.3, -0.25) is 14.4 Å². The number of nitrogens with zero attached hydrogens (tertiary/aromatic N) is 1. The molecule has 2 atom stereocenters. The van der Waals surface area contributed by atoms with Crippen LogP contribution in [0.1, 0.15) is 12.8 Å². The summed E-state index contributed by atoms with van der Waals surface area (Å²) in [4.78, 5) is 35.2. The first-order chi connectivity index (χ1) is 8.47. The molecule has 1 heterocycles. The van der Waals surface area contributed by atoms with Crippen molar-refractivity contribution in [1.82, 2.24) is 4.90 Å². The van der Waals surface area contributed by atoms with E-state index in [1.54, 1.807) is 11.8 Å². The van der Waals surface area contributed by atoms with Crippen LogP contribution in [0.2, 0.25) is 0 Å². The second-order valence-electron chi connectivity index (χ2n) is 4.26. The molecule has 0 aromatic carbocycles. The highest BCUT2D eigenvalue weighted by molar-refractivity contribution is 7.98. The lowest BCUT2D eigenvalue weighted by Gasteiger charge is -2.34. The first-order valence-corrected chi connectivity index (χ1v) is 7.09. The second-order valence-corrected chi connectivity index (χ2v) is 5.25. The predicted molar refractivity (Wildman–Crippen MR) is 66.4 cm³/mol. The Morgan fingerprint density at radius 3 is 2.33 bits per heavy atom. The predicted octanol–water partition coefficient (Wildman–Crippen LogP) is 0.373. The fourth-order valence-corrected chi connectivity index (χ4v) is 2.45. The van der Waals surface area contributed by atoms with Crippen LogP contribution in [-0.2, 0) is 14.4 Å². The van der Waals surface area contributed by atoms with Gasteiger partial charge in [0.15, 0.2) is 0 Å². The third-order valence-corrected chi connectivity index (χ3v) is 3.73. The molecule has 0 spiro atoms. The number of likely N-dealkylation sites (tertiary alicyclic amines) is 1. The van der Waals surface area contributed by atoms with Gasteiger partial charge in [0.2, 0.25) is 5.91 Å². The van der Waals surface area contributed by atoms with Crippen molar-refractivity contribution in [3.63, 3.8) is 0 Å². The third-order valence-electron chi connectivity index (χ3n) is 3.12. The van der Waals surface area contributed by atoms with E-state index in [-0.39, 0.29) is 18.9 Å². The standard InChI is InChI=1S/C11H17NO5S/c1-18-5-3-9(13)12-4-2-7(10(14)15)8(6-12)11(16)17/h7-8H,2-6H2,1H3,(H,14,15)(H,16,17). The molecule has 2 unspecified atom stereocenters. The van der Waals surface area contributed by atoms with Crippen molar-refractivity contribution in [2.75, 3.05) is 25.1 Å². The van der Waals surface area contributed by atoms with E-state index in [4.69, 9.17) is 10.2 Å². The van der Waals surface area contributed by atoms with Gasteiger partial charge in [-0.05, 0) is 12.7 Å². The van der Waals surface area contributed by atoms with Gasteiger partial charge in [0.1, 0.15) is 0 Å². The molecule has 0 bridgehead atoms. The fourth-order valence-electron chi connectivity index (χ4n) is 2.07. The van der Waals surface area contributed by atoms with E-state index in [9.17, 15) is 14.4 Å². The van der Waals surface area contributed by atoms with Gasteiger partial charge in [-0.2, -0.15) is 11.8 Å². The fraction of sp³-hybridized carbons (Fsp3) is 0.727. The number of carboxylic acid groups (broad SMARTS) is 2. The summed E-state index contributed by atoms with van der Waals surface area (Å²) in [5.74, 6) is -3.56. The van der Waals surface area contributed by atoms with E-state index in [1.807, 2.05) is 6.26 Å². The van der Waals surface area contributed by atoms with Crippen molar-refractivity contribution in [3.05, 3.63) is 0 Å². The van der Waals surface area contributed by atoms with Crippen LogP contribution in [0.3, 0.4) is 0 Å². The smallest absolute Gasteiger partial charge is 0.309 e. The van der Waals surface area contributed by atoms with Crippen LogP contribution in [-0.4, -0.2) is 58.1 Å². The summed E-state index contributed by atoms with van der Waals surface area (Å²) in [6, 6.07) is 0. The van der Waals surface area contributed by atoms with E-state index in [0.29, 0.717) is 18.7 Å². The van der Waals surface area contributed by atoms with Crippen LogP contribution in [0.15, 0.2) is 0 Å². The first-order valence-electron chi connectivity index (χ1n) is 5.69. The Bertz CT molecular complexity index is 346. The number of thioether (sulfide) groups is 1. The van der Waals surface area contributed by atoms with Crippen LogP contribution < -0.4 is 0 Å². The van der Waals surface area contributed by atoms with Crippen LogP contribution in [0.5, 0.6) is 0 Å². The molecule has 1 amide bonds.